The number of thiophene rings is 1. The van der Waals surface area contributed by atoms with Crippen molar-refractivity contribution < 1.29 is 24.2 Å². The summed E-state index contributed by atoms with van der Waals surface area (Å²) in [5, 5.41) is 16.7. The molecule has 3 N–H and O–H groups in total. The number of hydrogen-bond acceptors (Lipinski definition) is 5. The van der Waals surface area contributed by atoms with Gasteiger partial charge in [0.1, 0.15) is 6.61 Å². The number of carboxylic acids is 1. The van der Waals surface area contributed by atoms with Gasteiger partial charge in [-0.15, -0.1) is 11.3 Å². The van der Waals surface area contributed by atoms with Crippen molar-refractivity contribution in [1.82, 2.24) is 10.6 Å². The summed E-state index contributed by atoms with van der Waals surface area (Å²) in [6.45, 7) is 0.587. The first-order valence-electron chi connectivity index (χ1n) is 11.7. The largest absolute Gasteiger partial charge is 0.481 e. The SMILES string of the molecule is O=C(O)CC(NC(=O)C1CC1CNC(=O)OCC1c2ccccc2-c2ccccc21)c1cccs1. The average molecular weight is 491 g/mol. The average Bonchev–Trinajstić information content (AvgIpc) is 3.29. The van der Waals surface area contributed by atoms with Crippen LogP contribution in [0.15, 0.2) is 66.0 Å². The summed E-state index contributed by atoms with van der Waals surface area (Å²) in [6, 6.07) is 19.4. The first kappa shape index (κ1) is 23.1. The Labute approximate surface area is 207 Å². The summed E-state index contributed by atoms with van der Waals surface area (Å²) in [6.07, 6.45) is -0.0123. The molecule has 0 spiro atoms. The van der Waals surface area contributed by atoms with E-state index in [-0.39, 0.29) is 36.7 Å². The number of hydrogen-bond donors (Lipinski definition) is 3. The van der Waals surface area contributed by atoms with Crippen LogP contribution in [0.1, 0.15) is 40.8 Å². The van der Waals surface area contributed by atoms with Crippen LogP contribution in [0.2, 0.25) is 0 Å². The number of alkyl carbamates (subject to hydrolysis) is 1. The topological polar surface area (TPSA) is 105 Å². The van der Waals surface area contributed by atoms with E-state index in [1.807, 2.05) is 41.8 Å². The number of benzene rings is 2. The third kappa shape index (κ3) is 5.07. The summed E-state index contributed by atoms with van der Waals surface area (Å²) in [7, 11) is 0. The maximum atomic E-state index is 12.6. The molecule has 3 unspecified atom stereocenters. The van der Waals surface area contributed by atoms with E-state index < -0.39 is 18.1 Å². The Balaban J connectivity index is 1.10. The zero-order valence-corrected chi connectivity index (χ0v) is 19.8. The van der Waals surface area contributed by atoms with Crippen LogP contribution in [0.3, 0.4) is 0 Å². The van der Waals surface area contributed by atoms with Crippen LogP contribution in [0, 0.1) is 11.8 Å². The summed E-state index contributed by atoms with van der Waals surface area (Å²) < 4.78 is 5.56. The molecule has 0 aliphatic heterocycles. The summed E-state index contributed by atoms with van der Waals surface area (Å²) in [5.41, 5.74) is 4.66. The van der Waals surface area contributed by atoms with Gasteiger partial charge < -0.3 is 20.5 Å². The molecule has 8 heteroatoms. The van der Waals surface area contributed by atoms with Crippen LogP contribution >= 0.6 is 11.3 Å². The Hall–Kier alpha value is -3.65. The van der Waals surface area contributed by atoms with Gasteiger partial charge in [-0.25, -0.2) is 4.79 Å². The lowest BCUT2D eigenvalue weighted by atomic mass is 9.98. The Morgan fingerprint density at radius 1 is 1.00 bits per heavy atom. The Morgan fingerprint density at radius 2 is 1.69 bits per heavy atom. The molecule has 1 aromatic heterocycles. The molecular weight excluding hydrogens is 464 g/mol. The van der Waals surface area contributed by atoms with Crippen molar-refractivity contribution in [1.29, 1.82) is 0 Å². The zero-order valence-electron chi connectivity index (χ0n) is 19.0. The summed E-state index contributed by atoms with van der Waals surface area (Å²) in [4.78, 5) is 37.0. The van der Waals surface area contributed by atoms with Gasteiger partial charge in [-0.05, 0) is 46.0 Å². The molecule has 7 nitrogen and oxygen atoms in total. The molecule has 1 heterocycles. The lowest BCUT2D eigenvalue weighted by molar-refractivity contribution is -0.137. The third-order valence-corrected chi connectivity index (χ3v) is 7.68. The molecular formula is C27H26N2O5S. The molecule has 0 radical (unpaired) electrons. The Morgan fingerprint density at radius 3 is 2.31 bits per heavy atom. The zero-order chi connectivity index (χ0) is 24.4. The summed E-state index contributed by atoms with van der Waals surface area (Å²) in [5.74, 6) is -1.36. The predicted octanol–water partition coefficient (Wildman–Crippen LogP) is 4.55. The van der Waals surface area contributed by atoms with E-state index in [4.69, 9.17) is 4.74 Å². The molecule has 0 saturated heterocycles. The lowest BCUT2D eigenvalue weighted by Crippen LogP contribution is -2.33. The molecule has 2 aliphatic rings. The highest BCUT2D eigenvalue weighted by molar-refractivity contribution is 7.10. The highest BCUT2D eigenvalue weighted by Gasteiger charge is 2.43. The van der Waals surface area contributed by atoms with Gasteiger partial charge in [-0.3, -0.25) is 9.59 Å². The lowest BCUT2D eigenvalue weighted by Gasteiger charge is -2.16. The van der Waals surface area contributed by atoms with Gasteiger partial charge in [0.15, 0.2) is 0 Å². The van der Waals surface area contributed by atoms with Crippen molar-refractivity contribution in [3.05, 3.63) is 82.0 Å². The number of carbonyl (C=O) groups is 3. The van der Waals surface area contributed by atoms with Crippen molar-refractivity contribution in [3.8, 4) is 11.1 Å². The van der Waals surface area contributed by atoms with Crippen molar-refractivity contribution in [2.75, 3.05) is 13.2 Å². The molecule has 2 aromatic carbocycles. The van der Waals surface area contributed by atoms with E-state index in [0.717, 1.165) is 16.0 Å². The molecule has 3 aromatic rings. The van der Waals surface area contributed by atoms with Gasteiger partial charge >= 0.3 is 12.1 Å². The smallest absolute Gasteiger partial charge is 0.407 e. The fourth-order valence-electron chi connectivity index (χ4n) is 4.82. The first-order chi connectivity index (χ1) is 17.0. The van der Waals surface area contributed by atoms with Gasteiger partial charge in [-0.1, -0.05) is 54.6 Å². The molecule has 180 valence electrons. The van der Waals surface area contributed by atoms with E-state index in [2.05, 4.69) is 34.9 Å². The van der Waals surface area contributed by atoms with Crippen LogP contribution < -0.4 is 10.6 Å². The van der Waals surface area contributed by atoms with Crippen LogP contribution in [-0.4, -0.2) is 36.2 Å². The third-order valence-electron chi connectivity index (χ3n) is 6.69. The Kier molecular flexibility index (Phi) is 6.55. The maximum absolute atomic E-state index is 12.6. The normalized spacial score (nSPS) is 18.7. The quantitative estimate of drug-likeness (QED) is 0.408. The second kappa shape index (κ2) is 9.92. The number of amides is 2. The van der Waals surface area contributed by atoms with Gasteiger partial charge in [0.2, 0.25) is 5.91 Å². The van der Waals surface area contributed by atoms with Gasteiger partial charge in [0.25, 0.3) is 0 Å². The number of rotatable bonds is 9. The van der Waals surface area contributed by atoms with E-state index in [9.17, 15) is 19.5 Å². The highest BCUT2D eigenvalue weighted by Crippen LogP contribution is 2.44. The fourth-order valence-corrected chi connectivity index (χ4v) is 5.60. The Bertz CT molecular complexity index is 1200. The molecule has 1 fully saturated rings. The van der Waals surface area contributed by atoms with Crippen LogP contribution in [0.5, 0.6) is 0 Å². The minimum Gasteiger partial charge on any atom is -0.481 e. The molecule has 1 saturated carbocycles. The standard InChI is InChI=1S/C27H26N2O5S/c30-25(31)13-23(24-10-5-11-35-24)29-26(32)21-12-16(21)14-28-27(33)34-15-22-19-8-3-1-6-17(19)18-7-2-4-9-20(18)22/h1-11,16,21-23H,12-15H2,(H,28,33)(H,29,32)(H,30,31). The molecule has 2 amide bonds. The monoisotopic (exact) mass is 490 g/mol. The molecule has 3 atom stereocenters. The molecule has 35 heavy (non-hydrogen) atoms. The van der Waals surface area contributed by atoms with Gasteiger partial charge in [0, 0.05) is 23.3 Å². The number of nitrogens with one attached hydrogen (secondary N) is 2. The first-order valence-corrected chi connectivity index (χ1v) is 12.5. The summed E-state index contributed by atoms with van der Waals surface area (Å²) >= 11 is 1.42. The number of aliphatic carboxylic acids is 1. The van der Waals surface area contributed by atoms with Crippen molar-refractivity contribution in [2.45, 2.75) is 24.8 Å². The van der Waals surface area contributed by atoms with Crippen LogP contribution in [0.25, 0.3) is 11.1 Å². The minimum atomic E-state index is -0.965. The number of carbonyl (C=O) groups excluding carboxylic acids is 2. The van der Waals surface area contributed by atoms with E-state index in [1.54, 1.807) is 0 Å². The maximum Gasteiger partial charge on any atom is 0.407 e. The van der Waals surface area contributed by atoms with Crippen LogP contribution in [-0.2, 0) is 14.3 Å². The van der Waals surface area contributed by atoms with Crippen LogP contribution in [0.4, 0.5) is 4.79 Å². The van der Waals surface area contributed by atoms with Crippen molar-refractivity contribution >= 4 is 29.3 Å². The van der Waals surface area contributed by atoms with Gasteiger partial charge in [-0.2, -0.15) is 0 Å². The number of carboxylic acid groups (broad SMARTS) is 1. The predicted molar refractivity (Wildman–Crippen MR) is 132 cm³/mol. The van der Waals surface area contributed by atoms with Gasteiger partial charge in [0.05, 0.1) is 12.5 Å². The molecule has 5 rings (SSSR count). The molecule has 2 aliphatic carbocycles. The van der Waals surface area contributed by atoms with Crippen molar-refractivity contribution in [2.24, 2.45) is 11.8 Å². The second-order valence-corrected chi connectivity index (χ2v) is 9.96. The van der Waals surface area contributed by atoms with E-state index in [1.165, 1.54) is 22.5 Å². The van der Waals surface area contributed by atoms with E-state index >= 15 is 0 Å². The molecule has 0 bridgehead atoms. The minimum absolute atomic E-state index is 0.00368. The highest BCUT2D eigenvalue weighted by atomic mass is 32.1. The number of fused-ring (bicyclic) bond motifs is 3. The fraction of sp³-hybridized carbons (Fsp3) is 0.296. The second-order valence-electron chi connectivity index (χ2n) is 8.98. The van der Waals surface area contributed by atoms with Crippen molar-refractivity contribution in [3.63, 3.8) is 0 Å². The van der Waals surface area contributed by atoms with E-state index in [0.29, 0.717) is 13.0 Å². The number of ether oxygens (including phenoxy) is 1.